The summed E-state index contributed by atoms with van der Waals surface area (Å²) < 4.78 is 26.3. The number of rotatable bonds is 5. The van der Waals surface area contributed by atoms with Crippen LogP contribution in [0.3, 0.4) is 0 Å². The smallest absolute Gasteiger partial charge is 0.267 e. The monoisotopic (exact) mass is 361 g/mol. The molecule has 1 aliphatic heterocycles. The molecule has 8 heteroatoms. The van der Waals surface area contributed by atoms with E-state index in [1.54, 1.807) is 24.3 Å². The molecule has 1 aromatic carbocycles. The minimum atomic E-state index is -3.66. The van der Waals surface area contributed by atoms with Gasteiger partial charge in [0.25, 0.3) is 10.0 Å². The Hall–Kier alpha value is -2.61. The topological polar surface area (TPSA) is 101 Å². The van der Waals surface area contributed by atoms with Gasteiger partial charge in [0, 0.05) is 29.8 Å². The van der Waals surface area contributed by atoms with Gasteiger partial charge in [0.15, 0.2) is 0 Å². The van der Waals surface area contributed by atoms with Crippen LogP contribution in [-0.4, -0.2) is 30.2 Å². The molecule has 132 valence electrons. The second-order valence-corrected chi connectivity index (χ2v) is 7.72. The summed E-state index contributed by atoms with van der Waals surface area (Å²) in [6, 6.07) is 9.78. The standard InChI is InChI=1S/C17H18N2O5S/c1-12(17(20)21)16-8-7-15(18-24-16)13-9-10-19(11-13)25(22,23)14-5-3-2-4-6-14/h2-6,9-12,16H,7-8H2,1H3,(H,20,21)/p-1. The molecule has 0 saturated heterocycles. The van der Waals surface area contributed by atoms with Crippen molar-refractivity contribution in [1.82, 2.24) is 3.97 Å². The molecule has 2 heterocycles. The van der Waals surface area contributed by atoms with Gasteiger partial charge in [-0.15, -0.1) is 0 Å². The molecule has 25 heavy (non-hydrogen) atoms. The molecule has 2 atom stereocenters. The van der Waals surface area contributed by atoms with E-state index in [2.05, 4.69) is 5.16 Å². The SMILES string of the molecule is CC(C(=O)[O-])C1CCC(c2ccn(S(=O)(=O)c3ccccc3)c2)=NO1. The van der Waals surface area contributed by atoms with Crippen LogP contribution >= 0.6 is 0 Å². The number of carbonyl (C=O) groups is 1. The van der Waals surface area contributed by atoms with Crippen molar-refractivity contribution in [3.05, 3.63) is 54.4 Å². The summed E-state index contributed by atoms with van der Waals surface area (Å²) in [7, 11) is -3.66. The quantitative estimate of drug-likeness (QED) is 0.791. The lowest BCUT2D eigenvalue weighted by molar-refractivity contribution is -0.314. The van der Waals surface area contributed by atoms with E-state index >= 15 is 0 Å². The Labute approximate surface area is 145 Å². The Bertz CT molecular complexity index is 902. The zero-order valence-electron chi connectivity index (χ0n) is 13.5. The van der Waals surface area contributed by atoms with E-state index in [1.165, 1.54) is 31.5 Å². The highest BCUT2D eigenvalue weighted by atomic mass is 32.2. The van der Waals surface area contributed by atoms with Crippen LogP contribution < -0.4 is 5.11 Å². The summed E-state index contributed by atoms with van der Waals surface area (Å²) in [5, 5.41) is 14.9. The Balaban J connectivity index is 1.80. The van der Waals surface area contributed by atoms with Crippen molar-refractivity contribution >= 4 is 21.7 Å². The fourth-order valence-corrected chi connectivity index (χ4v) is 3.83. The van der Waals surface area contributed by atoms with Crippen LogP contribution in [0.2, 0.25) is 0 Å². The second-order valence-electron chi connectivity index (χ2n) is 5.88. The van der Waals surface area contributed by atoms with E-state index in [0.717, 1.165) is 3.97 Å². The molecule has 0 bridgehead atoms. The first-order valence-corrected chi connectivity index (χ1v) is 9.26. The van der Waals surface area contributed by atoms with E-state index in [-0.39, 0.29) is 4.90 Å². The number of carbonyl (C=O) groups excluding carboxylic acids is 1. The Kier molecular flexibility index (Phi) is 4.63. The molecule has 0 N–H and O–H groups in total. The summed E-state index contributed by atoms with van der Waals surface area (Å²) in [5.74, 6) is -1.93. The van der Waals surface area contributed by atoms with Crippen molar-refractivity contribution in [3.8, 4) is 0 Å². The highest BCUT2D eigenvalue weighted by Gasteiger charge is 2.26. The number of carboxylic acid groups (broad SMARTS) is 1. The molecule has 0 spiro atoms. The predicted molar refractivity (Wildman–Crippen MR) is 88.3 cm³/mol. The zero-order chi connectivity index (χ0) is 18.0. The third-order valence-corrected chi connectivity index (χ3v) is 5.86. The molecule has 7 nitrogen and oxygen atoms in total. The van der Waals surface area contributed by atoms with Gasteiger partial charge in [0.1, 0.15) is 6.10 Å². The molecular formula is C17H17N2O5S-. The molecule has 0 saturated carbocycles. The molecule has 0 fully saturated rings. The summed E-state index contributed by atoms with van der Waals surface area (Å²) in [5.41, 5.74) is 1.21. The number of benzene rings is 1. The third-order valence-electron chi connectivity index (χ3n) is 4.21. The van der Waals surface area contributed by atoms with E-state index in [0.29, 0.717) is 24.1 Å². The van der Waals surface area contributed by atoms with Gasteiger partial charge in [-0.05, 0) is 31.0 Å². The van der Waals surface area contributed by atoms with Crippen LogP contribution in [0.5, 0.6) is 0 Å². The molecule has 0 aliphatic carbocycles. The van der Waals surface area contributed by atoms with Crippen LogP contribution in [0.4, 0.5) is 0 Å². The van der Waals surface area contributed by atoms with Gasteiger partial charge in [0.2, 0.25) is 0 Å². The lowest BCUT2D eigenvalue weighted by atomic mass is 9.97. The maximum atomic E-state index is 12.6. The van der Waals surface area contributed by atoms with Crippen LogP contribution in [-0.2, 0) is 19.7 Å². The minimum Gasteiger partial charge on any atom is -0.550 e. The lowest BCUT2D eigenvalue weighted by Crippen LogP contribution is -2.39. The number of hydrogen-bond donors (Lipinski definition) is 0. The first kappa shape index (κ1) is 17.2. The normalized spacial score (nSPS) is 18.9. The van der Waals surface area contributed by atoms with Crippen molar-refractivity contribution in [3.63, 3.8) is 0 Å². The van der Waals surface area contributed by atoms with Gasteiger partial charge in [-0.2, -0.15) is 0 Å². The van der Waals surface area contributed by atoms with Gasteiger partial charge in [0.05, 0.1) is 10.6 Å². The van der Waals surface area contributed by atoms with Crippen molar-refractivity contribution < 1.29 is 23.2 Å². The highest BCUT2D eigenvalue weighted by molar-refractivity contribution is 7.90. The third kappa shape index (κ3) is 3.43. The highest BCUT2D eigenvalue weighted by Crippen LogP contribution is 2.23. The van der Waals surface area contributed by atoms with Crippen LogP contribution in [0.1, 0.15) is 25.3 Å². The van der Waals surface area contributed by atoms with Crippen molar-refractivity contribution in [2.24, 2.45) is 11.1 Å². The van der Waals surface area contributed by atoms with Crippen molar-refractivity contribution in [2.45, 2.75) is 30.8 Å². The summed E-state index contributed by atoms with van der Waals surface area (Å²) in [6.07, 6.45) is 3.37. The fourth-order valence-electron chi connectivity index (χ4n) is 2.61. The van der Waals surface area contributed by atoms with Crippen LogP contribution in [0.15, 0.2) is 58.8 Å². The number of oxime groups is 1. The maximum Gasteiger partial charge on any atom is 0.267 e. The zero-order valence-corrected chi connectivity index (χ0v) is 14.3. The molecular weight excluding hydrogens is 344 g/mol. The van der Waals surface area contributed by atoms with E-state index < -0.39 is 28.0 Å². The van der Waals surface area contributed by atoms with E-state index in [9.17, 15) is 18.3 Å². The fraction of sp³-hybridized carbons (Fsp3) is 0.294. The largest absolute Gasteiger partial charge is 0.550 e. The molecule has 3 rings (SSSR count). The molecule has 0 amide bonds. The first-order valence-electron chi connectivity index (χ1n) is 7.82. The number of nitrogens with zero attached hydrogens (tertiary/aromatic N) is 2. The van der Waals surface area contributed by atoms with Crippen LogP contribution in [0.25, 0.3) is 0 Å². The average Bonchev–Trinajstić information content (AvgIpc) is 3.13. The molecule has 2 aromatic rings. The average molecular weight is 361 g/mol. The minimum absolute atomic E-state index is 0.196. The lowest BCUT2D eigenvalue weighted by Gasteiger charge is -2.26. The van der Waals surface area contributed by atoms with E-state index in [1.807, 2.05) is 0 Å². The Morgan fingerprint density at radius 2 is 2.04 bits per heavy atom. The number of hydrogen-bond acceptors (Lipinski definition) is 6. The Morgan fingerprint density at radius 3 is 2.64 bits per heavy atom. The molecule has 2 unspecified atom stereocenters. The predicted octanol–water partition coefficient (Wildman–Crippen LogP) is 0.994. The van der Waals surface area contributed by atoms with Crippen molar-refractivity contribution in [1.29, 1.82) is 0 Å². The summed E-state index contributed by atoms with van der Waals surface area (Å²) in [4.78, 5) is 16.3. The molecule has 1 aliphatic rings. The number of aromatic nitrogens is 1. The van der Waals surface area contributed by atoms with Crippen molar-refractivity contribution in [2.75, 3.05) is 0 Å². The van der Waals surface area contributed by atoms with Gasteiger partial charge in [-0.3, -0.25) is 0 Å². The number of aliphatic carboxylic acids is 1. The summed E-state index contributed by atoms with van der Waals surface area (Å²) >= 11 is 0. The van der Waals surface area contributed by atoms with Gasteiger partial charge < -0.3 is 14.7 Å². The molecule has 1 aromatic heterocycles. The maximum absolute atomic E-state index is 12.6. The summed E-state index contributed by atoms with van der Waals surface area (Å²) in [6.45, 7) is 1.52. The molecule has 0 radical (unpaired) electrons. The van der Waals surface area contributed by atoms with E-state index in [4.69, 9.17) is 4.84 Å². The number of carboxylic acids is 1. The van der Waals surface area contributed by atoms with Crippen LogP contribution in [0, 0.1) is 5.92 Å². The van der Waals surface area contributed by atoms with Gasteiger partial charge >= 0.3 is 0 Å². The Morgan fingerprint density at radius 1 is 1.32 bits per heavy atom. The second kappa shape index (κ2) is 6.72. The first-order chi connectivity index (χ1) is 11.9. The van der Waals surface area contributed by atoms with Gasteiger partial charge in [-0.25, -0.2) is 12.4 Å². The van der Waals surface area contributed by atoms with Gasteiger partial charge in [-0.1, -0.05) is 30.3 Å².